The summed E-state index contributed by atoms with van der Waals surface area (Å²) in [5.74, 6) is -0.923. The van der Waals surface area contributed by atoms with Crippen molar-refractivity contribution in [3.63, 3.8) is 0 Å². The van der Waals surface area contributed by atoms with E-state index in [0.717, 1.165) is 11.1 Å². The highest BCUT2D eigenvalue weighted by Gasteiger charge is 2.31. The lowest BCUT2D eigenvalue weighted by atomic mass is 10.0. The Bertz CT molecular complexity index is 823. The SMILES string of the molecule is NC(=O)CN1Cc2ccccc2CC(NC(=O)Nc2ccccc2)C1=O. The largest absolute Gasteiger partial charge is 0.368 e. The van der Waals surface area contributed by atoms with E-state index in [9.17, 15) is 14.4 Å². The van der Waals surface area contributed by atoms with Gasteiger partial charge in [-0.15, -0.1) is 0 Å². The van der Waals surface area contributed by atoms with Crippen molar-refractivity contribution in [3.8, 4) is 0 Å². The molecule has 0 bridgehead atoms. The van der Waals surface area contributed by atoms with Crippen LogP contribution in [0.2, 0.25) is 0 Å². The van der Waals surface area contributed by atoms with Crippen molar-refractivity contribution < 1.29 is 14.4 Å². The van der Waals surface area contributed by atoms with Crippen LogP contribution in [0.5, 0.6) is 0 Å². The smallest absolute Gasteiger partial charge is 0.319 e. The van der Waals surface area contributed by atoms with Gasteiger partial charge in [-0.25, -0.2) is 4.79 Å². The van der Waals surface area contributed by atoms with Gasteiger partial charge in [0.2, 0.25) is 11.8 Å². The molecule has 1 aliphatic heterocycles. The summed E-state index contributed by atoms with van der Waals surface area (Å²) < 4.78 is 0. The summed E-state index contributed by atoms with van der Waals surface area (Å²) in [6.45, 7) is 0.0993. The molecule has 2 aromatic carbocycles. The van der Waals surface area contributed by atoms with E-state index in [4.69, 9.17) is 5.73 Å². The molecule has 4 amide bonds. The second-order valence-electron chi connectivity index (χ2n) is 6.15. The van der Waals surface area contributed by atoms with Crippen LogP contribution in [0.4, 0.5) is 10.5 Å². The van der Waals surface area contributed by atoms with E-state index in [1.807, 2.05) is 30.3 Å². The molecule has 134 valence electrons. The number of carbonyl (C=O) groups excluding carboxylic acids is 3. The Labute approximate surface area is 151 Å². The number of hydrogen-bond acceptors (Lipinski definition) is 3. The van der Waals surface area contributed by atoms with Crippen molar-refractivity contribution in [2.24, 2.45) is 5.73 Å². The molecule has 0 spiro atoms. The molecule has 3 rings (SSSR count). The predicted octanol–water partition coefficient (Wildman–Crippen LogP) is 1.25. The van der Waals surface area contributed by atoms with Crippen LogP contribution in [0, 0.1) is 0 Å². The number of fused-ring (bicyclic) bond motifs is 1. The van der Waals surface area contributed by atoms with Crippen molar-refractivity contribution in [1.29, 1.82) is 0 Å². The van der Waals surface area contributed by atoms with Crippen molar-refractivity contribution in [1.82, 2.24) is 10.2 Å². The first kappa shape index (κ1) is 17.5. The van der Waals surface area contributed by atoms with E-state index < -0.39 is 18.0 Å². The Morgan fingerprint density at radius 1 is 1.04 bits per heavy atom. The van der Waals surface area contributed by atoms with E-state index in [0.29, 0.717) is 12.1 Å². The number of hydrogen-bond donors (Lipinski definition) is 3. The van der Waals surface area contributed by atoms with Crippen LogP contribution in [0.25, 0.3) is 0 Å². The second-order valence-corrected chi connectivity index (χ2v) is 6.15. The van der Waals surface area contributed by atoms with E-state index in [2.05, 4.69) is 10.6 Å². The molecule has 1 aliphatic rings. The summed E-state index contributed by atoms with van der Waals surface area (Å²) in [6.07, 6.45) is 0.354. The van der Waals surface area contributed by atoms with Gasteiger partial charge in [0.05, 0.1) is 6.54 Å². The zero-order valence-corrected chi connectivity index (χ0v) is 14.1. The minimum Gasteiger partial charge on any atom is -0.368 e. The van der Waals surface area contributed by atoms with Gasteiger partial charge in [0, 0.05) is 18.7 Å². The maximum Gasteiger partial charge on any atom is 0.319 e. The third-order valence-corrected chi connectivity index (χ3v) is 4.20. The maximum absolute atomic E-state index is 12.8. The van der Waals surface area contributed by atoms with Gasteiger partial charge in [0.25, 0.3) is 0 Å². The monoisotopic (exact) mass is 352 g/mol. The second kappa shape index (κ2) is 7.69. The Balaban J connectivity index is 1.79. The van der Waals surface area contributed by atoms with Gasteiger partial charge in [0.15, 0.2) is 0 Å². The number of carbonyl (C=O) groups is 3. The molecule has 0 aromatic heterocycles. The number of nitrogens with two attached hydrogens (primary N) is 1. The molecule has 0 saturated carbocycles. The number of benzene rings is 2. The van der Waals surface area contributed by atoms with Crippen LogP contribution >= 0.6 is 0 Å². The number of primary amides is 1. The molecule has 1 atom stereocenters. The minimum absolute atomic E-state index is 0.189. The fourth-order valence-electron chi connectivity index (χ4n) is 3.00. The van der Waals surface area contributed by atoms with Crippen molar-refractivity contribution in [3.05, 3.63) is 65.7 Å². The number of rotatable bonds is 4. The van der Waals surface area contributed by atoms with Gasteiger partial charge in [0.1, 0.15) is 6.04 Å². The van der Waals surface area contributed by atoms with Gasteiger partial charge in [-0.05, 0) is 23.3 Å². The first-order valence-corrected chi connectivity index (χ1v) is 8.29. The molecule has 7 heteroatoms. The Kier molecular flexibility index (Phi) is 5.17. The quantitative estimate of drug-likeness (QED) is 0.771. The zero-order valence-electron chi connectivity index (χ0n) is 14.1. The Morgan fingerprint density at radius 3 is 2.38 bits per heavy atom. The lowest BCUT2D eigenvalue weighted by Gasteiger charge is -2.23. The summed E-state index contributed by atoms with van der Waals surface area (Å²) >= 11 is 0. The van der Waals surface area contributed by atoms with E-state index in [1.165, 1.54) is 4.90 Å². The third-order valence-electron chi connectivity index (χ3n) is 4.20. The molecule has 7 nitrogen and oxygen atoms in total. The van der Waals surface area contributed by atoms with Crippen LogP contribution in [-0.4, -0.2) is 35.3 Å². The number of urea groups is 1. The van der Waals surface area contributed by atoms with E-state index in [-0.39, 0.29) is 19.0 Å². The van der Waals surface area contributed by atoms with E-state index >= 15 is 0 Å². The Hall–Kier alpha value is -3.35. The molecule has 1 heterocycles. The maximum atomic E-state index is 12.8. The normalized spacial score (nSPS) is 16.4. The average molecular weight is 352 g/mol. The first-order valence-electron chi connectivity index (χ1n) is 8.29. The van der Waals surface area contributed by atoms with Gasteiger partial charge in [-0.3, -0.25) is 9.59 Å². The highest BCUT2D eigenvalue weighted by atomic mass is 16.2. The molecule has 2 aromatic rings. The zero-order chi connectivity index (χ0) is 18.5. The van der Waals surface area contributed by atoms with Crippen molar-refractivity contribution >= 4 is 23.5 Å². The first-order chi connectivity index (χ1) is 12.5. The van der Waals surface area contributed by atoms with Crippen LogP contribution in [0.15, 0.2) is 54.6 Å². The molecular weight excluding hydrogens is 332 g/mol. The third kappa shape index (κ3) is 4.18. The standard InChI is InChI=1S/C19H20N4O3/c20-17(24)12-23-11-14-7-5-4-6-13(14)10-16(18(23)25)22-19(26)21-15-8-2-1-3-9-15/h1-9,16H,10-12H2,(H2,20,24)(H2,21,22,26). The summed E-state index contributed by atoms with van der Waals surface area (Å²) in [7, 11) is 0. The molecular formula is C19H20N4O3. The Morgan fingerprint density at radius 2 is 1.69 bits per heavy atom. The van der Waals surface area contributed by atoms with Crippen molar-refractivity contribution in [2.45, 2.75) is 19.0 Å². The van der Waals surface area contributed by atoms with Crippen LogP contribution in [0.1, 0.15) is 11.1 Å². The average Bonchev–Trinajstić information content (AvgIpc) is 2.73. The number of nitrogens with zero attached hydrogens (tertiary/aromatic N) is 1. The van der Waals surface area contributed by atoms with Gasteiger partial charge in [-0.1, -0.05) is 42.5 Å². The molecule has 26 heavy (non-hydrogen) atoms. The summed E-state index contributed by atoms with van der Waals surface area (Å²) in [4.78, 5) is 37.8. The number of anilines is 1. The fraction of sp³-hybridized carbons (Fsp3) is 0.211. The van der Waals surface area contributed by atoms with Gasteiger partial charge >= 0.3 is 6.03 Å². The molecule has 1 unspecified atom stereocenters. The molecule has 0 aliphatic carbocycles. The minimum atomic E-state index is -0.776. The van der Waals surface area contributed by atoms with Crippen LogP contribution < -0.4 is 16.4 Å². The van der Waals surface area contributed by atoms with Crippen LogP contribution in [0.3, 0.4) is 0 Å². The number of nitrogens with one attached hydrogen (secondary N) is 2. The molecule has 4 N–H and O–H groups in total. The van der Waals surface area contributed by atoms with E-state index in [1.54, 1.807) is 24.3 Å². The fourth-order valence-corrected chi connectivity index (χ4v) is 3.00. The van der Waals surface area contributed by atoms with Gasteiger partial charge in [-0.2, -0.15) is 0 Å². The van der Waals surface area contributed by atoms with Crippen LogP contribution in [-0.2, 0) is 22.6 Å². The summed E-state index contributed by atoms with van der Waals surface area (Å²) in [6, 6.07) is 15.3. The summed E-state index contributed by atoms with van der Waals surface area (Å²) in [5, 5.41) is 5.41. The predicted molar refractivity (Wildman–Crippen MR) is 97.1 cm³/mol. The van der Waals surface area contributed by atoms with Crippen molar-refractivity contribution in [2.75, 3.05) is 11.9 Å². The lowest BCUT2D eigenvalue weighted by Crippen LogP contribution is -2.50. The summed E-state index contributed by atoms with van der Waals surface area (Å²) in [5.41, 5.74) is 7.79. The number of amides is 4. The lowest BCUT2D eigenvalue weighted by molar-refractivity contribution is -0.137. The highest BCUT2D eigenvalue weighted by molar-refractivity contribution is 5.95. The molecule has 0 fully saturated rings. The van der Waals surface area contributed by atoms with Gasteiger partial charge < -0.3 is 21.3 Å². The highest BCUT2D eigenvalue weighted by Crippen LogP contribution is 2.19. The topological polar surface area (TPSA) is 105 Å². The molecule has 0 saturated heterocycles. The number of para-hydroxylation sites is 1. The molecule has 0 radical (unpaired) electrons.